The summed E-state index contributed by atoms with van der Waals surface area (Å²) < 4.78 is 0. The molecule has 1 rings (SSSR count). The smallest absolute Gasteiger partial charge is 0.0917 e. The van der Waals surface area contributed by atoms with E-state index in [4.69, 9.17) is 16.9 Å². The van der Waals surface area contributed by atoms with Crippen molar-refractivity contribution >= 4 is 23.4 Å². The van der Waals surface area contributed by atoms with E-state index in [2.05, 4.69) is 6.07 Å². The van der Waals surface area contributed by atoms with Gasteiger partial charge in [0.2, 0.25) is 0 Å². The molecule has 1 atom stereocenters. The summed E-state index contributed by atoms with van der Waals surface area (Å²) in [6, 6.07) is 10.0. The zero-order chi connectivity index (χ0) is 10.4. The van der Waals surface area contributed by atoms with Crippen LogP contribution < -0.4 is 0 Å². The van der Waals surface area contributed by atoms with Gasteiger partial charge in [-0.1, -0.05) is 36.7 Å². The second-order valence-electron chi connectivity index (χ2n) is 2.93. The number of rotatable bonds is 4. The van der Waals surface area contributed by atoms with Gasteiger partial charge in [-0.25, -0.2) is 0 Å². The Bertz CT molecular complexity index is 332. The van der Waals surface area contributed by atoms with Gasteiger partial charge in [0, 0.05) is 10.8 Å². The van der Waals surface area contributed by atoms with Crippen LogP contribution in [0, 0.1) is 11.3 Å². The summed E-state index contributed by atoms with van der Waals surface area (Å²) in [6.45, 7) is 2.02. The van der Waals surface area contributed by atoms with Crippen LogP contribution in [-0.2, 0) is 5.75 Å². The van der Waals surface area contributed by atoms with Crippen LogP contribution >= 0.6 is 23.4 Å². The third kappa shape index (κ3) is 3.25. The van der Waals surface area contributed by atoms with E-state index in [-0.39, 0.29) is 5.25 Å². The van der Waals surface area contributed by atoms with Gasteiger partial charge in [0.1, 0.15) is 0 Å². The van der Waals surface area contributed by atoms with Gasteiger partial charge in [-0.2, -0.15) is 5.26 Å². The first-order valence-corrected chi connectivity index (χ1v) is 5.95. The van der Waals surface area contributed by atoms with E-state index in [1.807, 2.05) is 31.2 Å². The summed E-state index contributed by atoms with van der Waals surface area (Å²) in [5.74, 6) is 0.811. The number of nitrogens with zero attached hydrogens (tertiary/aromatic N) is 1. The van der Waals surface area contributed by atoms with E-state index in [0.29, 0.717) is 0 Å². The first kappa shape index (κ1) is 11.4. The molecule has 0 amide bonds. The van der Waals surface area contributed by atoms with Crippen LogP contribution in [-0.4, -0.2) is 5.25 Å². The molecule has 0 radical (unpaired) electrons. The van der Waals surface area contributed by atoms with Gasteiger partial charge < -0.3 is 0 Å². The Kier molecular flexibility index (Phi) is 4.86. The van der Waals surface area contributed by atoms with E-state index in [9.17, 15) is 0 Å². The lowest BCUT2D eigenvalue weighted by Gasteiger charge is -2.06. The topological polar surface area (TPSA) is 23.8 Å². The second-order valence-corrected chi connectivity index (χ2v) is 4.53. The molecule has 0 aromatic heterocycles. The van der Waals surface area contributed by atoms with Crippen molar-refractivity contribution in [3.05, 3.63) is 34.9 Å². The Morgan fingerprint density at radius 3 is 2.79 bits per heavy atom. The quantitative estimate of drug-likeness (QED) is 0.777. The van der Waals surface area contributed by atoms with Crippen molar-refractivity contribution in [2.24, 2.45) is 0 Å². The summed E-state index contributed by atoms with van der Waals surface area (Å²) in [5, 5.41) is 9.63. The molecule has 0 N–H and O–H groups in total. The zero-order valence-corrected chi connectivity index (χ0v) is 9.61. The number of nitriles is 1. The Morgan fingerprint density at radius 1 is 1.50 bits per heavy atom. The molecule has 0 fully saturated rings. The second kappa shape index (κ2) is 5.95. The number of halogens is 1. The molecule has 0 spiro atoms. The van der Waals surface area contributed by atoms with Crippen molar-refractivity contribution in [1.82, 2.24) is 0 Å². The van der Waals surface area contributed by atoms with Crippen molar-refractivity contribution in [2.45, 2.75) is 24.3 Å². The van der Waals surface area contributed by atoms with Crippen LogP contribution in [0.3, 0.4) is 0 Å². The maximum absolute atomic E-state index is 8.77. The predicted molar refractivity (Wildman–Crippen MR) is 62.4 cm³/mol. The molecule has 1 aromatic rings. The molecule has 74 valence electrons. The van der Waals surface area contributed by atoms with Crippen LogP contribution in [0.2, 0.25) is 5.02 Å². The molecule has 14 heavy (non-hydrogen) atoms. The fourth-order valence-corrected chi connectivity index (χ4v) is 2.28. The van der Waals surface area contributed by atoms with Crippen molar-refractivity contribution in [3.8, 4) is 6.07 Å². The number of hydrogen-bond acceptors (Lipinski definition) is 2. The molecule has 0 aliphatic carbocycles. The Hall–Kier alpha value is -0.650. The number of hydrogen-bond donors (Lipinski definition) is 0. The molecule has 1 nitrogen and oxygen atoms in total. The molecule has 0 saturated heterocycles. The molecule has 3 heteroatoms. The van der Waals surface area contributed by atoms with Gasteiger partial charge in [0.15, 0.2) is 0 Å². The average Bonchev–Trinajstić information content (AvgIpc) is 2.22. The predicted octanol–water partition coefficient (Wildman–Crippen LogP) is 3.88. The summed E-state index contributed by atoms with van der Waals surface area (Å²) in [7, 11) is 0. The molecule has 0 bridgehead atoms. The van der Waals surface area contributed by atoms with Gasteiger partial charge in [-0.05, 0) is 18.1 Å². The lowest BCUT2D eigenvalue weighted by atomic mass is 10.2. The van der Waals surface area contributed by atoms with Crippen LogP contribution in [0.5, 0.6) is 0 Å². The van der Waals surface area contributed by atoms with Gasteiger partial charge in [-0.3, -0.25) is 0 Å². The molecule has 0 saturated carbocycles. The minimum absolute atomic E-state index is 0.0753. The first-order chi connectivity index (χ1) is 6.77. The highest BCUT2D eigenvalue weighted by molar-refractivity contribution is 7.99. The maximum Gasteiger partial charge on any atom is 0.0917 e. The number of thioether (sulfide) groups is 1. The maximum atomic E-state index is 8.77. The minimum atomic E-state index is 0.0753. The number of benzene rings is 1. The van der Waals surface area contributed by atoms with E-state index in [1.165, 1.54) is 0 Å². The fourth-order valence-electron chi connectivity index (χ4n) is 1.05. The highest BCUT2D eigenvalue weighted by Crippen LogP contribution is 2.24. The van der Waals surface area contributed by atoms with Crippen molar-refractivity contribution in [1.29, 1.82) is 5.26 Å². The summed E-state index contributed by atoms with van der Waals surface area (Å²) in [5.41, 5.74) is 1.10. The molecule has 1 unspecified atom stereocenters. The van der Waals surface area contributed by atoms with E-state index < -0.39 is 0 Å². The van der Waals surface area contributed by atoms with E-state index in [0.717, 1.165) is 22.8 Å². The largest absolute Gasteiger partial charge is 0.197 e. The normalized spacial score (nSPS) is 12.1. The third-order valence-corrected chi connectivity index (χ3v) is 3.60. The average molecular weight is 226 g/mol. The zero-order valence-electron chi connectivity index (χ0n) is 8.03. The molecule has 0 aliphatic rings. The standard InChI is InChI=1S/C11H12ClNS/c1-2-10(7-13)14-8-9-5-3-4-6-11(9)12/h3-6,10H,2,8H2,1H3. The first-order valence-electron chi connectivity index (χ1n) is 4.52. The Labute approximate surface area is 94.1 Å². The SMILES string of the molecule is CCC(C#N)SCc1ccccc1Cl. The molecule has 1 aromatic carbocycles. The van der Waals surface area contributed by atoms with Crippen LogP contribution in [0.1, 0.15) is 18.9 Å². The van der Waals surface area contributed by atoms with Crippen LogP contribution in [0.4, 0.5) is 0 Å². The highest BCUT2D eigenvalue weighted by atomic mass is 35.5. The van der Waals surface area contributed by atoms with Gasteiger partial charge in [-0.15, -0.1) is 11.8 Å². The molecule has 0 aliphatic heterocycles. The molecular weight excluding hydrogens is 214 g/mol. The third-order valence-electron chi connectivity index (χ3n) is 1.91. The summed E-state index contributed by atoms with van der Waals surface area (Å²) in [4.78, 5) is 0. The Morgan fingerprint density at radius 2 is 2.21 bits per heavy atom. The lowest BCUT2D eigenvalue weighted by molar-refractivity contribution is 0.984. The Balaban J connectivity index is 2.54. The minimum Gasteiger partial charge on any atom is -0.197 e. The van der Waals surface area contributed by atoms with Gasteiger partial charge in [0.05, 0.1) is 11.3 Å². The molecular formula is C11H12ClNS. The van der Waals surface area contributed by atoms with Crippen molar-refractivity contribution in [3.63, 3.8) is 0 Å². The lowest BCUT2D eigenvalue weighted by Crippen LogP contribution is -1.96. The summed E-state index contributed by atoms with van der Waals surface area (Å²) in [6.07, 6.45) is 0.881. The van der Waals surface area contributed by atoms with Crippen molar-refractivity contribution in [2.75, 3.05) is 0 Å². The van der Waals surface area contributed by atoms with E-state index in [1.54, 1.807) is 11.8 Å². The van der Waals surface area contributed by atoms with Crippen LogP contribution in [0.25, 0.3) is 0 Å². The van der Waals surface area contributed by atoms with Crippen LogP contribution in [0.15, 0.2) is 24.3 Å². The van der Waals surface area contributed by atoms with Gasteiger partial charge >= 0.3 is 0 Å². The van der Waals surface area contributed by atoms with E-state index >= 15 is 0 Å². The monoisotopic (exact) mass is 225 g/mol. The summed E-state index contributed by atoms with van der Waals surface area (Å²) >= 11 is 7.64. The fraction of sp³-hybridized carbons (Fsp3) is 0.364. The molecule has 0 heterocycles. The van der Waals surface area contributed by atoms with Gasteiger partial charge in [0.25, 0.3) is 0 Å². The van der Waals surface area contributed by atoms with Crippen molar-refractivity contribution < 1.29 is 0 Å². The highest BCUT2D eigenvalue weighted by Gasteiger charge is 2.06.